The number of ether oxygens (including phenoxy) is 1. The van der Waals surface area contributed by atoms with Crippen LogP contribution in [0.3, 0.4) is 0 Å². The molecule has 1 unspecified atom stereocenters. The molecule has 0 spiro atoms. The van der Waals surface area contributed by atoms with Gasteiger partial charge in [0.25, 0.3) is 0 Å². The normalized spacial score (nSPS) is 12.2. The molecule has 0 saturated heterocycles. The van der Waals surface area contributed by atoms with Crippen LogP contribution in [0, 0.1) is 0 Å². The minimum absolute atomic E-state index is 0.00787. The van der Waals surface area contributed by atoms with Crippen molar-refractivity contribution in [3.8, 4) is 5.75 Å². The quantitative estimate of drug-likeness (QED) is 0.820. The van der Waals surface area contributed by atoms with Gasteiger partial charge in [0.2, 0.25) is 0 Å². The molecule has 0 aliphatic heterocycles. The first-order chi connectivity index (χ1) is 9.06. The topological polar surface area (TPSA) is 35.2 Å². The molecular weight excluding hydrogens is 370 g/mol. The molecule has 19 heavy (non-hydrogen) atoms. The van der Waals surface area contributed by atoms with E-state index in [4.69, 9.17) is 10.5 Å². The van der Waals surface area contributed by atoms with Gasteiger partial charge in [-0.05, 0) is 42.3 Å². The van der Waals surface area contributed by atoms with Crippen LogP contribution in [0.4, 0.5) is 0 Å². The summed E-state index contributed by atoms with van der Waals surface area (Å²) in [7, 11) is 0. The van der Waals surface area contributed by atoms with Crippen LogP contribution in [0.15, 0.2) is 51.4 Å². The van der Waals surface area contributed by atoms with Crippen LogP contribution in [-0.2, 0) is 6.61 Å². The average molecular weight is 385 g/mol. The molecule has 0 radical (unpaired) electrons. The average Bonchev–Trinajstić information content (AvgIpc) is 2.36. The van der Waals surface area contributed by atoms with Gasteiger partial charge in [0.15, 0.2) is 0 Å². The molecule has 0 amide bonds. The van der Waals surface area contributed by atoms with Crippen molar-refractivity contribution in [3.05, 3.63) is 62.5 Å². The van der Waals surface area contributed by atoms with Gasteiger partial charge in [-0.3, -0.25) is 0 Å². The third-order valence-electron chi connectivity index (χ3n) is 2.76. The standard InChI is InChI=1S/C15H15Br2NO/c1-10(18)14-6-5-13(8-15(14)17)19-9-11-3-2-4-12(16)7-11/h2-8,10H,9,18H2,1H3. The summed E-state index contributed by atoms with van der Waals surface area (Å²) in [6.07, 6.45) is 0. The Morgan fingerprint density at radius 3 is 2.58 bits per heavy atom. The molecule has 0 heterocycles. The van der Waals surface area contributed by atoms with Crippen LogP contribution in [0.1, 0.15) is 24.1 Å². The molecule has 0 fully saturated rings. The van der Waals surface area contributed by atoms with E-state index in [2.05, 4.69) is 31.9 Å². The van der Waals surface area contributed by atoms with E-state index in [0.717, 1.165) is 25.8 Å². The van der Waals surface area contributed by atoms with Crippen molar-refractivity contribution in [1.29, 1.82) is 0 Å². The molecule has 2 N–H and O–H groups in total. The monoisotopic (exact) mass is 383 g/mol. The predicted molar refractivity (Wildman–Crippen MR) is 85.2 cm³/mol. The summed E-state index contributed by atoms with van der Waals surface area (Å²) in [6, 6.07) is 14.0. The number of hydrogen-bond acceptors (Lipinski definition) is 2. The highest BCUT2D eigenvalue weighted by Gasteiger charge is 2.06. The molecule has 2 aromatic carbocycles. The largest absolute Gasteiger partial charge is 0.489 e. The smallest absolute Gasteiger partial charge is 0.120 e. The number of halogens is 2. The molecule has 2 aromatic rings. The molecule has 0 aliphatic rings. The zero-order valence-corrected chi connectivity index (χ0v) is 13.7. The van der Waals surface area contributed by atoms with Crippen LogP contribution in [0.5, 0.6) is 5.75 Å². The second-order valence-corrected chi connectivity index (χ2v) is 6.16. The molecule has 0 aliphatic carbocycles. The molecular formula is C15H15Br2NO. The lowest BCUT2D eigenvalue weighted by atomic mass is 10.1. The molecule has 0 aromatic heterocycles. The molecule has 2 rings (SSSR count). The van der Waals surface area contributed by atoms with Gasteiger partial charge < -0.3 is 10.5 Å². The van der Waals surface area contributed by atoms with Crippen LogP contribution >= 0.6 is 31.9 Å². The van der Waals surface area contributed by atoms with Crippen LogP contribution < -0.4 is 10.5 Å². The van der Waals surface area contributed by atoms with Crippen molar-refractivity contribution in [2.75, 3.05) is 0 Å². The Hall–Kier alpha value is -0.840. The molecule has 4 heteroatoms. The van der Waals surface area contributed by atoms with Crippen LogP contribution in [-0.4, -0.2) is 0 Å². The predicted octanol–water partition coefficient (Wildman–Crippen LogP) is 4.81. The number of nitrogens with two attached hydrogens (primary N) is 1. The fourth-order valence-electron chi connectivity index (χ4n) is 1.76. The third-order valence-corrected chi connectivity index (χ3v) is 3.94. The highest BCUT2D eigenvalue weighted by molar-refractivity contribution is 9.10. The summed E-state index contributed by atoms with van der Waals surface area (Å²) in [6.45, 7) is 2.51. The Morgan fingerprint density at radius 2 is 1.95 bits per heavy atom. The summed E-state index contributed by atoms with van der Waals surface area (Å²) in [5.74, 6) is 0.830. The Kier molecular flexibility index (Phi) is 5.02. The van der Waals surface area contributed by atoms with Gasteiger partial charge in [0.05, 0.1) is 0 Å². The van der Waals surface area contributed by atoms with Crippen LogP contribution in [0.25, 0.3) is 0 Å². The maximum absolute atomic E-state index is 5.87. The van der Waals surface area contributed by atoms with Crippen molar-refractivity contribution in [3.63, 3.8) is 0 Å². The van der Waals surface area contributed by atoms with Crippen molar-refractivity contribution in [2.45, 2.75) is 19.6 Å². The number of benzene rings is 2. The van der Waals surface area contributed by atoms with E-state index in [1.165, 1.54) is 0 Å². The Morgan fingerprint density at radius 1 is 1.16 bits per heavy atom. The Labute approximate surface area is 130 Å². The maximum Gasteiger partial charge on any atom is 0.120 e. The van der Waals surface area contributed by atoms with E-state index >= 15 is 0 Å². The van der Waals surface area contributed by atoms with Gasteiger partial charge in [-0.1, -0.05) is 50.1 Å². The van der Waals surface area contributed by atoms with Crippen molar-refractivity contribution < 1.29 is 4.74 Å². The molecule has 0 bridgehead atoms. The first kappa shape index (κ1) is 14.6. The lowest BCUT2D eigenvalue weighted by molar-refractivity contribution is 0.306. The molecule has 100 valence electrons. The van der Waals surface area contributed by atoms with Gasteiger partial charge in [0, 0.05) is 15.0 Å². The summed E-state index contributed by atoms with van der Waals surface area (Å²) < 4.78 is 7.81. The zero-order chi connectivity index (χ0) is 13.8. The molecule has 2 nitrogen and oxygen atoms in total. The highest BCUT2D eigenvalue weighted by atomic mass is 79.9. The summed E-state index contributed by atoms with van der Waals surface area (Å²) in [5, 5.41) is 0. The molecule has 0 saturated carbocycles. The van der Waals surface area contributed by atoms with Gasteiger partial charge in [-0.25, -0.2) is 0 Å². The summed E-state index contributed by atoms with van der Waals surface area (Å²) in [4.78, 5) is 0. The fraction of sp³-hybridized carbons (Fsp3) is 0.200. The second-order valence-electron chi connectivity index (χ2n) is 4.39. The van der Waals surface area contributed by atoms with E-state index in [-0.39, 0.29) is 6.04 Å². The first-order valence-corrected chi connectivity index (χ1v) is 7.57. The van der Waals surface area contributed by atoms with E-state index < -0.39 is 0 Å². The maximum atomic E-state index is 5.87. The lowest BCUT2D eigenvalue weighted by Gasteiger charge is -2.11. The summed E-state index contributed by atoms with van der Waals surface area (Å²) >= 11 is 6.97. The van der Waals surface area contributed by atoms with Gasteiger partial charge in [0.1, 0.15) is 12.4 Å². The van der Waals surface area contributed by atoms with Crippen molar-refractivity contribution in [1.82, 2.24) is 0 Å². The van der Waals surface area contributed by atoms with Gasteiger partial charge in [-0.15, -0.1) is 0 Å². The van der Waals surface area contributed by atoms with Gasteiger partial charge >= 0.3 is 0 Å². The zero-order valence-electron chi connectivity index (χ0n) is 10.6. The van der Waals surface area contributed by atoms with Crippen LogP contribution in [0.2, 0.25) is 0 Å². The minimum atomic E-state index is 0.00787. The van der Waals surface area contributed by atoms with Crippen molar-refractivity contribution in [2.24, 2.45) is 5.73 Å². The van der Waals surface area contributed by atoms with E-state index in [0.29, 0.717) is 6.61 Å². The van der Waals surface area contributed by atoms with E-state index in [1.54, 1.807) is 0 Å². The molecule has 1 atom stereocenters. The third kappa shape index (κ3) is 4.06. The second kappa shape index (κ2) is 6.55. The van der Waals surface area contributed by atoms with E-state index in [9.17, 15) is 0 Å². The van der Waals surface area contributed by atoms with Gasteiger partial charge in [-0.2, -0.15) is 0 Å². The Balaban J connectivity index is 2.06. The first-order valence-electron chi connectivity index (χ1n) is 5.98. The SMILES string of the molecule is CC(N)c1ccc(OCc2cccc(Br)c2)cc1Br. The lowest BCUT2D eigenvalue weighted by Crippen LogP contribution is -2.05. The fourth-order valence-corrected chi connectivity index (χ4v) is 2.93. The highest BCUT2D eigenvalue weighted by Crippen LogP contribution is 2.27. The number of rotatable bonds is 4. The number of hydrogen-bond donors (Lipinski definition) is 1. The van der Waals surface area contributed by atoms with E-state index in [1.807, 2.05) is 49.4 Å². The Bertz CT molecular complexity index is 570. The summed E-state index contributed by atoms with van der Waals surface area (Å²) in [5.41, 5.74) is 8.08. The van der Waals surface area contributed by atoms with Crippen molar-refractivity contribution >= 4 is 31.9 Å². The minimum Gasteiger partial charge on any atom is -0.489 e.